The largest absolute Gasteiger partial charge is 0.493 e. The van der Waals surface area contributed by atoms with E-state index in [1.165, 1.54) is 0 Å². The number of carbonyl (C=O) groups is 2. The molecule has 4 rings (SSSR count). The minimum atomic E-state index is -0.275. The first-order valence-electron chi connectivity index (χ1n) is 14.5. The van der Waals surface area contributed by atoms with Crippen LogP contribution in [0.4, 0.5) is 4.79 Å². The Morgan fingerprint density at radius 1 is 1.00 bits per heavy atom. The maximum atomic E-state index is 13.8. The van der Waals surface area contributed by atoms with E-state index in [0.717, 1.165) is 37.9 Å². The first kappa shape index (κ1) is 30.6. The van der Waals surface area contributed by atoms with E-state index in [-0.39, 0.29) is 42.5 Å². The van der Waals surface area contributed by atoms with E-state index in [2.05, 4.69) is 10.3 Å². The smallest absolute Gasteiger partial charge is 0.410 e. The molecule has 1 aromatic carbocycles. The second-order valence-electron chi connectivity index (χ2n) is 11.1. The van der Waals surface area contributed by atoms with Crippen LogP contribution in [0.25, 0.3) is 0 Å². The van der Waals surface area contributed by atoms with Crippen molar-refractivity contribution in [2.75, 3.05) is 53.6 Å². The topological polar surface area (TPSA) is 102 Å². The highest BCUT2D eigenvalue weighted by atomic mass is 16.6. The number of rotatable bonds is 15. The van der Waals surface area contributed by atoms with Crippen LogP contribution < -0.4 is 14.8 Å². The lowest BCUT2D eigenvalue weighted by molar-refractivity contribution is 0.0627. The highest BCUT2D eigenvalue weighted by molar-refractivity contribution is 5.95. The summed E-state index contributed by atoms with van der Waals surface area (Å²) in [5, 5.41) is 3.49. The second kappa shape index (κ2) is 15.0. The number of nitrogens with zero attached hydrogens (tertiary/aromatic N) is 3. The SMILES string of the molecule is COCCCOc1cc(C(=O)N(C[C@H]2CNC[C@H]2CN(C(=O)OCc2ccncc2)C2CC2)C(C)C)ccc1OC. The maximum absolute atomic E-state index is 13.8. The Morgan fingerprint density at radius 3 is 2.39 bits per heavy atom. The molecule has 2 aliphatic rings. The normalized spacial score (nSPS) is 18.3. The van der Waals surface area contributed by atoms with Gasteiger partial charge in [-0.3, -0.25) is 9.78 Å². The Hall–Kier alpha value is -3.37. The number of amides is 2. The van der Waals surface area contributed by atoms with Crippen LogP contribution in [-0.4, -0.2) is 92.5 Å². The molecule has 2 aromatic rings. The summed E-state index contributed by atoms with van der Waals surface area (Å²) in [4.78, 5) is 34.7. The van der Waals surface area contributed by atoms with Crippen LogP contribution in [0.1, 0.15) is 49.0 Å². The van der Waals surface area contributed by atoms with Crippen molar-refractivity contribution in [1.29, 1.82) is 0 Å². The summed E-state index contributed by atoms with van der Waals surface area (Å²) in [7, 11) is 3.25. The van der Waals surface area contributed by atoms with Crippen molar-refractivity contribution < 1.29 is 28.5 Å². The zero-order chi connectivity index (χ0) is 29.2. The lowest BCUT2D eigenvalue weighted by Crippen LogP contribution is -2.45. The first-order valence-corrected chi connectivity index (χ1v) is 14.5. The molecule has 10 nitrogen and oxygen atoms in total. The average Bonchev–Trinajstić information content (AvgIpc) is 3.74. The molecule has 2 atom stereocenters. The summed E-state index contributed by atoms with van der Waals surface area (Å²) in [6, 6.07) is 9.26. The van der Waals surface area contributed by atoms with Gasteiger partial charge in [0, 0.05) is 76.4 Å². The number of hydrogen-bond donors (Lipinski definition) is 1. The molecular weight excluding hydrogens is 524 g/mol. The predicted molar refractivity (Wildman–Crippen MR) is 155 cm³/mol. The van der Waals surface area contributed by atoms with Crippen molar-refractivity contribution in [3.63, 3.8) is 0 Å². The van der Waals surface area contributed by atoms with E-state index >= 15 is 0 Å². The Balaban J connectivity index is 1.40. The van der Waals surface area contributed by atoms with Crippen LogP contribution in [0.5, 0.6) is 11.5 Å². The summed E-state index contributed by atoms with van der Waals surface area (Å²) >= 11 is 0. The summed E-state index contributed by atoms with van der Waals surface area (Å²) in [6.07, 6.45) is 5.85. The van der Waals surface area contributed by atoms with Gasteiger partial charge >= 0.3 is 6.09 Å². The molecule has 0 unspecified atom stereocenters. The van der Waals surface area contributed by atoms with Crippen molar-refractivity contribution in [3.8, 4) is 11.5 Å². The Morgan fingerprint density at radius 2 is 1.73 bits per heavy atom. The minimum Gasteiger partial charge on any atom is -0.493 e. The van der Waals surface area contributed by atoms with Gasteiger partial charge in [0.1, 0.15) is 6.61 Å². The Kier molecular flexibility index (Phi) is 11.2. The predicted octanol–water partition coefficient (Wildman–Crippen LogP) is 3.99. The lowest BCUT2D eigenvalue weighted by Gasteiger charge is -2.33. The van der Waals surface area contributed by atoms with Gasteiger partial charge < -0.3 is 34.1 Å². The molecule has 0 radical (unpaired) electrons. The van der Waals surface area contributed by atoms with E-state index in [4.69, 9.17) is 18.9 Å². The van der Waals surface area contributed by atoms with Crippen LogP contribution in [-0.2, 0) is 16.1 Å². The molecule has 2 fully saturated rings. The van der Waals surface area contributed by atoms with Gasteiger partial charge in [-0.15, -0.1) is 0 Å². The van der Waals surface area contributed by atoms with Gasteiger partial charge in [-0.05, 0) is 74.4 Å². The number of aromatic nitrogens is 1. The molecule has 1 aromatic heterocycles. The molecule has 0 spiro atoms. The van der Waals surface area contributed by atoms with Crippen molar-refractivity contribution in [3.05, 3.63) is 53.9 Å². The fourth-order valence-corrected chi connectivity index (χ4v) is 5.19. The van der Waals surface area contributed by atoms with E-state index in [1.54, 1.807) is 44.8 Å². The van der Waals surface area contributed by atoms with Gasteiger partial charge in [-0.2, -0.15) is 0 Å². The Bertz CT molecular complexity index is 1130. The van der Waals surface area contributed by atoms with Crippen LogP contribution in [0.2, 0.25) is 0 Å². The maximum Gasteiger partial charge on any atom is 0.410 e. The molecular formula is C31H44N4O6. The van der Waals surface area contributed by atoms with Crippen molar-refractivity contribution in [1.82, 2.24) is 20.1 Å². The molecule has 2 amide bonds. The highest BCUT2D eigenvalue weighted by Crippen LogP contribution is 2.32. The van der Waals surface area contributed by atoms with Gasteiger partial charge in [-0.25, -0.2) is 4.79 Å². The van der Waals surface area contributed by atoms with Crippen LogP contribution in [0, 0.1) is 11.8 Å². The number of benzene rings is 1. The zero-order valence-corrected chi connectivity index (χ0v) is 24.7. The molecule has 224 valence electrons. The third-order valence-corrected chi connectivity index (χ3v) is 7.72. The van der Waals surface area contributed by atoms with Gasteiger partial charge in [0.05, 0.1) is 13.7 Å². The van der Waals surface area contributed by atoms with Crippen molar-refractivity contribution in [2.24, 2.45) is 11.8 Å². The van der Waals surface area contributed by atoms with Gasteiger partial charge in [0.15, 0.2) is 11.5 Å². The quantitative estimate of drug-likeness (QED) is 0.322. The van der Waals surface area contributed by atoms with E-state index in [1.807, 2.05) is 35.8 Å². The number of methoxy groups -OCH3 is 2. The summed E-state index contributed by atoms with van der Waals surface area (Å²) in [5.41, 5.74) is 1.47. The molecule has 0 bridgehead atoms. The fourth-order valence-electron chi connectivity index (χ4n) is 5.19. The molecule has 1 N–H and O–H groups in total. The number of hydrogen-bond acceptors (Lipinski definition) is 8. The number of carbonyl (C=O) groups excluding carboxylic acids is 2. The summed E-state index contributed by atoms with van der Waals surface area (Å²) in [5.74, 6) is 1.51. The molecule has 1 aliphatic heterocycles. The lowest BCUT2D eigenvalue weighted by atomic mass is 9.94. The zero-order valence-electron chi connectivity index (χ0n) is 24.7. The van der Waals surface area contributed by atoms with E-state index in [9.17, 15) is 9.59 Å². The summed E-state index contributed by atoms with van der Waals surface area (Å²) < 4.78 is 22.1. The van der Waals surface area contributed by atoms with Crippen LogP contribution in [0.15, 0.2) is 42.7 Å². The molecule has 1 saturated heterocycles. The molecule has 41 heavy (non-hydrogen) atoms. The summed E-state index contributed by atoms with van der Waals surface area (Å²) in [6.45, 7) is 8.16. The fraction of sp³-hybridized carbons (Fsp3) is 0.581. The van der Waals surface area contributed by atoms with Gasteiger partial charge in [0.2, 0.25) is 0 Å². The Labute approximate surface area is 243 Å². The molecule has 2 heterocycles. The highest BCUT2D eigenvalue weighted by Gasteiger charge is 2.39. The van der Waals surface area contributed by atoms with E-state index in [0.29, 0.717) is 43.4 Å². The average molecular weight is 569 g/mol. The third-order valence-electron chi connectivity index (χ3n) is 7.72. The number of pyridine rings is 1. The van der Waals surface area contributed by atoms with Crippen molar-refractivity contribution >= 4 is 12.0 Å². The number of nitrogens with one attached hydrogen (secondary N) is 1. The van der Waals surface area contributed by atoms with E-state index < -0.39 is 0 Å². The first-order chi connectivity index (χ1) is 19.9. The standard InChI is InChI=1S/C31H44N4O6/c1-22(2)34(30(36)24-6-9-28(39-4)29(16-24)40-15-5-14-38-3)19-25-17-33-18-26(25)20-35(27-7-8-27)31(37)41-21-23-10-12-32-13-11-23/h6,9-13,16,22,25-27,33H,5,7-8,14-15,17-21H2,1-4H3/t25-,26+/m1/s1. The monoisotopic (exact) mass is 568 g/mol. The second-order valence-corrected chi connectivity index (χ2v) is 11.1. The minimum absolute atomic E-state index is 0.00165. The molecule has 1 aliphatic carbocycles. The number of ether oxygens (including phenoxy) is 4. The molecule has 1 saturated carbocycles. The van der Waals surface area contributed by atoms with Crippen molar-refractivity contribution in [2.45, 2.75) is 51.8 Å². The van der Waals surface area contributed by atoms with Crippen LogP contribution >= 0.6 is 0 Å². The molecule has 10 heteroatoms. The van der Waals surface area contributed by atoms with Gasteiger partial charge in [0.25, 0.3) is 5.91 Å². The van der Waals surface area contributed by atoms with Crippen LogP contribution in [0.3, 0.4) is 0 Å². The van der Waals surface area contributed by atoms with Gasteiger partial charge in [-0.1, -0.05) is 0 Å². The third kappa shape index (κ3) is 8.56.